The first-order valence-corrected chi connectivity index (χ1v) is 6.74. The first-order chi connectivity index (χ1) is 10.3. The van der Waals surface area contributed by atoms with Gasteiger partial charge in [0.2, 0.25) is 0 Å². The molecule has 0 spiro atoms. The molecule has 0 aromatic heterocycles. The van der Waals surface area contributed by atoms with Crippen LogP contribution in [0.4, 0.5) is 11.4 Å². The molecule has 0 unspecified atom stereocenters. The zero-order chi connectivity index (χ0) is 16.4. The van der Waals surface area contributed by atoms with Crippen LogP contribution in [0.1, 0.15) is 21.5 Å². The largest absolute Gasteiger partial charge is 0.507 e. The number of nitrogens with one attached hydrogen (secondary N) is 1. The van der Waals surface area contributed by atoms with E-state index in [1.165, 1.54) is 6.92 Å². The Bertz CT molecular complexity index is 774. The molecule has 22 heavy (non-hydrogen) atoms. The molecule has 0 saturated carbocycles. The predicted molar refractivity (Wildman–Crippen MR) is 83.6 cm³/mol. The number of rotatable bonds is 3. The van der Waals surface area contributed by atoms with Gasteiger partial charge in [0.15, 0.2) is 0 Å². The highest BCUT2D eigenvalue weighted by atomic mass is 35.5. The fraction of sp³-hybridized carbons (Fsp3) is 0.133. The van der Waals surface area contributed by atoms with Crippen molar-refractivity contribution in [1.82, 2.24) is 0 Å². The van der Waals surface area contributed by atoms with Crippen molar-refractivity contribution in [2.24, 2.45) is 0 Å². The van der Waals surface area contributed by atoms with E-state index in [1.54, 1.807) is 25.1 Å². The monoisotopic (exact) mass is 320 g/mol. The number of hydrogen-bond donors (Lipinski definition) is 2. The van der Waals surface area contributed by atoms with Gasteiger partial charge in [-0.15, -0.1) is 0 Å². The van der Waals surface area contributed by atoms with Gasteiger partial charge in [0.1, 0.15) is 5.75 Å². The number of benzene rings is 2. The summed E-state index contributed by atoms with van der Waals surface area (Å²) in [6.45, 7) is 3.15. The van der Waals surface area contributed by atoms with Gasteiger partial charge in [-0.3, -0.25) is 14.9 Å². The van der Waals surface area contributed by atoms with Crippen LogP contribution in [-0.2, 0) is 0 Å². The summed E-state index contributed by atoms with van der Waals surface area (Å²) in [5, 5.41) is 23.9. The standard InChI is InChI=1S/C15H13ClN2O4/c1-8-10(16)4-3-5-11(8)17-15(20)14-9(2)12(18(21)22)6-7-13(14)19/h3-7,19H,1-2H3,(H,17,20). The number of phenols is 1. The molecule has 2 N–H and O–H groups in total. The summed E-state index contributed by atoms with van der Waals surface area (Å²) in [4.78, 5) is 22.7. The molecular formula is C15H13ClN2O4. The maximum atomic E-state index is 12.4. The molecule has 1 amide bonds. The molecule has 0 heterocycles. The van der Waals surface area contributed by atoms with E-state index in [1.807, 2.05) is 0 Å². The van der Waals surface area contributed by atoms with E-state index in [4.69, 9.17) is 11.6 Å². The number of aromatic hydroxyl groups is 1. The third kappa shape index (κ3) is 2.87. The van der Waals surface area contributed by atoms with Gasteiger partial charge in [-0.05, 0) is 37.6 Å². The first-order valence-electron chi connectivity index (χ1n) is 6.36. The average Bonchev–Trinajstić information content (AvgIpc) is 2.43. The van der Waals surface area contributed by atoms with Gasteiger partial charge < -0.3 is 10.4 Å². The van der Waals surface area contributed by atoms with Crippen LogP contribution in [0.25, 0.3) is 0 Å². The molecule has 0 fully saturated rings. The number of nitro groups is 1. The predicted octanol–water partition coefficient (Wildman–Crippen LogP) is 3.82. The van der Waals surface area contributed by atoms with Crippen LogP contribution < -0.4 is 5.32 Å². The zero-order valence-corrected chi connectivity index (χ0v) is 12.6. The van der Waals surface area contributed by atoms with Crippen LogP contribution in [0.2, 0.25) is 5.02 Å². The number of anilines is 1. The molecule has 7 heteroatoms. The summed E-state index contributed by atoms with van der Waals surface area (Å²) in [6.07, 6.45) is 0. The normalized spacial score (nSPS) is 10.3. The smallest absolute Gasteiger partial charge is 0.273 e. The highest BCUT2D eigenvalue weighted by molar-refractivity contribution is 6.31. The van der Waals surface area contributed by atoms with E-state index in [0.29, 0.717) is 16.3 Å². The van der Waals surface area contributed by atoms with Gasteiger partial charge in [0, 0.05) is 22.3 Å². The first kappa shape index (κ1) is 15.8. The highest BCUT2D eigenvalue weighted by Gasteiger charge is 2.22. The van der Waals surface area contributed by atoms with Crippen LogP contribution in [0, 0.1) is 24.0 Å². The molecule has 114 valence electrons. The Balaban J connectivity index is 2.44. The lowest BCUT2D eigenvalue weighted by Gasteiger charge is -2.12. The molecule has 2 rings (SSSR count). The molecule has 0 aliphatic carbocycles. The Morgan fingerprint density at radius 1 is 1.23 bits per heavy atom. The summed E-state index contributed by atoms with van der Waals surface area (Å²) in [5.41, 5.74) is 0.879. The maximum absolute atomic E-state index is 12.4. The Morgan fingerprint density at radius 2 is 1.91 bits per heavy atom. The fourth-order valence-corrected chi connectivity index (χ4v) is 2.27. The summed E-state index contributed by atoms with van der Waals surface area (Å²) in [6, 6.07) is 7.30. The van der Waals surface area contributed by atoms with Crippen molar-refractivity contribution in [2.75, 3.05) is 5.32 Å². The zero-order valence-electron chi connectivity index (χ0n) is 11.9. The maximum Gasteiger partial charge on any atom is 0.273 e. The molecule has 0 radical (unpaired) electrons. The van der Waals surface area contributed by atoms with Crippen molar-refractivity contribution in [1.29, 1.82) is 0 Å². The molecule has 2 aromatic rings. The molecule has 0 saturated heterocycles. The van der Waals surface area contributed by atoms with Gasteiger partial charge in [0.25, 0.3) is 11.6 Å². The lowest BCUT2D eigenvalue weighted by molar-refractivity contribution is -0.385. The van der Waals surface area contributed by atoms with E-state index in [-0.39, 0.29) is 22.6 Å². The van der Waals surface area contributed by atoms with Gasteiger partial charge in [-0.2, -0.15) is 0 Å². The summed E-state index contributed by atoms with van der Waals surface area (Å²) < 4.78 is 0. The molecule has 0 aliphatic rings. The number of nitro benzene ring substituents is 1. The van der Waals surface area contributed by atoms with Crippen LogP contribution >= 0.6 is 11.6 Å². The Labute approximate surface area is 131 Å². The van der Waals surface area contributed by atoms with Crippen molar-refractivity contribution >= 4 is 28.9 Å². The van der Waals surface area contributed by atoms with E-state index < -0.39 is 10.8 Å². The Hall–Kier alpha value is -2.60. The van der Waals surface area contributed by atoms with Gasteiger partial charge >= 0.3 is 0 Å². The number of hydrogen-bond acceptors (Lipinski definition) is 4. The van der Waals surface area contributed by atoms with Crippen LogP contribution in [-0.4, -0.2) is 15.9 Å². The van der Waals surface area contributed by atoms with Crippen LogP contribution in [0.3, 0.4) is 0 Å². The van der Waals surface area contributed by atoms with Crippen molar-refractivity contribution in [3.05, 3.63) is 62.2 Å². The van der Waals surface area contributed by atoms with Crippen molar-refractivity contribution in [3.63, 3.8) is 0 Å². The molecule has 0 aliphatic heterocycles. The lowest BCUT2D eigenvalue weighted by Crippen LogP contribution is -2.15. The second-order valence-electron chi connectivity index (χ2n) is 4.73. The summed E-state index contributed by atoms with van der Waals surface area (Å²) in [5.74, 6) is -0.954. The number of nitrogens with zero attached hydrogens (tertiary/aromatic N) is 1. The molecular weight excluding hydrogens is 308 g/mol. The highest BCUT2D eigenvalue weighted by Crippen LogP contribution is 2.30. The van der Waals surface area contributed by atoms with Crippen molar-refractivity contribution in [2.45, 2.75) is 13.8 Å². The third-order valence-corrected chi connectivity index (χ3v) is 3.76. The van der Waals surface area contributed by atoms with Crippen molar-refractivity contribution < 1.29 is 14.8 Å². The average molecular weight is 321 g/mol. The SMILES string of the molecule is Cc1c(Cl)cccc1NC(=O)c1c(O)ccc([N+](=O)[O-])c1C. The molecule has 0 atom stereocenters. The van der Waals surface area contributed by atoms with Crippen LogP contribution in [0.5, 0.6) is 5.75 Å². The number of amides is 1. The summed E-state index contributed by atoms with van der Waals surface area (Å²) >= 11 is 5.98. The molecule has 6 nitrogen and oxygen atoms in total. The van der Waals surface area contributed by atoms with E-state index in [9.17, 15) is 20.0 Å². The number of carbonyl (C=O) groups is 1. The quantitative estimate of drug-likeness (QED) is 0.664. The van der Waals surface area contributed by atoms with Gasteiger partial charge in [-0.1, -0.05) is 17.7 Å². The number of carbonyl (C=O) groups excluding carboxylic acids is 1. The van der Waals surface area contributed by atoms with E-state index in [0.717, 1.165) is 12.1 Å². The van der Waals surface area contributed by atoms with Crippen molar-refractivity contribution in [3.8, 4) is 5.75 Å². The third-order valence-electron chi connectivity index (χ3n) is 3.35. The lowest BCUT2D eigenvalue weighted by atomic mass is 10.0. The summed E-state index contributed by atoms with van der Waals surface area (Å²) in [7, 11) is 0. The minimum Gasteiger partial charge on any atom is -0.507 e. The Morgan fingerprint density at radius 3 is 2.55 bits per heavy atom. The second kappa shape index (κ2) is 6.03. The van der Waals surface area contributed by atoms with E-state index >= 15 is 0 Å². The molecule has 2 aromatic carbocycles. The van der Waals surface area contributed by atoms with Gasteiger partial charge in [0.05, 0.1) is 10.5 Å². The van der Waals surface area contributed by atoms with E-state index in [2.05, 4.69) is 5.32 Å². The van der Waals surface area contributed by atoms with Gasteiger partial charge in [-0.25, -0.2) is 0 Å². The fourth-order valence-electron chi connectivity index (χ4n) is 2.10. The Kier molecular flexibility index (Phi) is 4.32. The minimum absolute atomic E-state index is 0.0992. The van der Waals surface area contributed by atoms with Crippen LogP contribution in [0.15, 0.2) is 30.3 Å². The second-order valence-corrected chi connectivity index (χ2v) is 5.13. The topological polar surface area (TPSA) is 92.5 Å². The molecule has 0 bridgehead atoms. The number of phenolic OH excluding ortho intramolecular Hbond substituents is 1. The number of halogens is 1. The minimum atomic E-state index is -0.635.